The number of carboxylic acids is 1. The summed E-state index contributed by atoms with van der Waals surface area (Å²) in [6.45, 7) is 3.61. The molecule has 5 heteroatoms. The van der Waals surface area contributed by atoms with Crippen LogP contribution in [0.1, 0.15) is 24.5 Å². The van der Waals surface area contributed by atoms with Gasteiger partial charge in [0, 0.05) is 5.56 Å². The molecule has 0 bridgehead atoms. The number of carboxylic acid groups (broad SMARTS) is 1. The van der Waals surface area contributed by atoms with Crippen molar-refractivity contribution in [2.45, 2.75) is 26.7 Å². The Morgan fingerprint density at radius 1 is 1.56 bits per heavy atom. The third-order valence-corrected chi connectivity index (χ3v) is 4.08. The molecule has 0 aliphatic rings. The predicted molar refractivity (Wildman–Crippen MR) is 71.1 cm³/mol. The molecule has 0 amide bonds. The summed E-state index contributed by atoms with van der Waals surface area (Å²) in [6, 6.07) is 1.72. The molecule has 2 aromatic rings. The molecule has 0 spiro atoms. The average Bonchev–Trinajstić information content (AvgIpc) is 2.77. The summed E-state index contributed by atoms with van der Waals surface area (Å²) in [5.74, 6) is -1.01. The normalized spacial score (nSPS) is 12.8. The van der Waals surface area contributed by atoms with Crippen LogP contribution in [-0.2, 0) is 11.2 Å². The van der Waals surface area contributed by atoms with E-state index in [-0.39, 0.29) is 5.75 Å². The van der Waals surface area contributed by atoms with Gasteiger partial charge in [-0.25, -0.2) is 4.98 Å². The van der Waals surface area contributed by atoms with Gasteiger partial charge in [-0.15, -0.1) is 11.3 Å². The van der Waals surface area contributed by atoms with Gasteiger partial charge in [-0.05, 0) is 31.4 Å². The van der Waals surface area contributed by atoms with Crippen LogP contribution < -0.4 is 0 Å². The van der Waals surface area contributed by atoms with Crippen molar-refractivity contribution in [1.82, 2.24) is 4.98 Å². The number of nitrogens with zero attached hydrogens (tertiary/aromatic N) is 1. The molecule has 4 nitrogen and oxygen atoms in total. The first-order chi connectivity index (χ1) is 8.50. The van der Waals surface area contributed by atoms with E-state index in [9.17, 15) is 9.90 Å². The third-order valence-electron chi connectivity index (χ3n) is 3.12. The van der Waals surface area contributed by atoms with Crippen molar-refractivity contribution in [3.63, 3.8) is 0 Å². The van der Waals surface area contributed by atoms with Gasteiger partial charge < -0.3 is 10.2 Å². The van der Waals surface area contributed by atoms with E-state index in [1.807, 2.05) is 6.92 Å². The number of benzene rings is 1. The fourth-order valence-corrected chi connectivity index (χ4v) is 2.75. The van der Waals surface area contributed by atoms with Crippen LogP contribution in [0.15, 0.2) is 11.6 Å². The summed E-state index contributed by atoms with van der Waals surface area (Å²) in [6.07, 6.45) is 1.03. The quantitative estimate of drug-likeness (QED) is 0.891. The number of phenols is 1. The Morgan fingerprint density at radius 2 is 2.28 bits per heavy atom. The topological polar surface area (TPSA) is 70.4 Å². The Balaban J connectivity index is 2.33. The van der Waals surface area contributed by atoms with Crippen LogP contribution in [0.25, 0.3) is 10.2 Å². The number of carbonyl (C=O) groups is 1. The average molecular weight is 265 g/mol. The fraction of sp³-hybridized carbons (Fsp3) is 0.385. The first-order valence-corrected chi connectivity index (χ1v) is 6.66. The summed E-state index contributed by atoms with van der Waals surface area (Å²) >= 11 is 1.54. The summed E-state index contributed by atoms with van der Waals surface area (Å²) in [4.78, 5) is 15.1. The Hall–Kier alpha value is -1.62. The van der Waals surface area contributed by atoms with Gasteiger partial charge in [0.1, 0.15) is 5.75 Å². The van der Waals surface area contributed by atoms with Crippen molar-refractivity contribution in [1.29, 1.82) is 0 Å². The van der Waals surface area contributed by atoms with Gasteiger partial charge in [0.2, 0.25) is 0 Å². The highest BCUT2D eigenvalue weighted by Crippen LogP contribution is 2.33. The number of aromatic hydroxyl groups is 1. The van der Waals surface area contributed by atoms with E-state index in [0.717, 1.165) is 21.3 Å². The van der Waals surface area contributed by atoms with Gasteiger partial charge in [0.15, 0.2) is 0 Å². The Kier molecular flexibility index (Phi) is 3.52. The molecule has 1 heterocycles. The number of aliphatic carboxylic acids is 1. The van der Waals surface area contributed by atoms with Crippen molar-refractivity contribution < 1.29 is 15.0 Å². The van der Waals surface area contributed by atoms with Gasteiger partial charge in [-0.3, -0.25) is 4.79 Å². The largest absolute Gasteiger partial charge is 0.508 e. The van der Waals surface area contributed by atoms with Gasteiger partial charge in [0.25, 0.3) is 0 Å². The zero-order chi connectivity index (χ0) is 13.3. The maximum Gasteiger partial charge on any atom is 0.306 e. The predicted octanol–water partition coefficient (Wildman–Crippen LogP) is 2.96. The number of aromatic nitrogens is 1. The van der Waals surface area contributed by atoms with Crippen molar-refractivity contribution >= 4 is 27.5 Å². The fourth-order valence-electron chi connectivity index (χ4n) is 1.95. The van der Waals surface area contributed by atoms with Crippen LogP contribution in [0.2, 0.25) is 0 Å². The molecule has 0 aliphatic heterocycles. The second-order valence-corrected chi connectivity index (χ2v) is 5.35. The smallest absolute Gasteiger partial charge is 0.306 e. The lowest BCUT2D eigenvalue weighted by Gasteiger charge is -2.09. The standard InChI is InChI=1S/C13H15NO3S/c1-7(13(16)17)3-4-9-10(15)5-8(2)12-11(9)14-6-18-12/h5-7,15H,3-4H2,1-2H3,(H,16,17). The highest BCUT2D eigenvalue weighted by atomic mass is 32.1. The molecule has 1 unspecified atom stereocenters. The maximum absolute atomic E-state index is 10.8. The van der Waals surface area contributed by atoms with Crippen LogP contribution in [-0.4, -0.2) is 21.2 Å². The second-order valence-electron chi connectivity index (χ2n) is 4.50. The lowest BCUT2D eigenvalue weighted by molar-refractivity contribution is -0.141. The lowest BCUT2D eigenvalue weighted by Crippen LogP contribution is -2.10. The zero-order valence-electron chi connectivity index (χ0n) is 10.3. The molecule has 2 rings (SSSR count). The van der Waals surface area contributed by atoms with Gasteiger partial charge >= 0.3 is 5.97 Å². The summed E-state index contributed by atoms with van der Waals surface area (Å²) in [7, 11) is 0. The van der Waals surface area contributed by atoms with E-state index in [0.29, 0.717) is 12.8 Å². The summed E-state index contributed by atoms with van der Waals surface area (Å²) in [5.41, 5.74) is 4.31. The molecule has 0 saturated heterocycles. The first kappa shape index (κ1) is 12.8. The minimum absolute atomic E-state index is 0.212. The number of fused-ring (bicyclic) bond motifs is 1. The van der Waals surface area contributed by atoms with Crippen LogP contribution in [0, 0.1) is 12.8 Å². The van der Waals surface area contributed by atoms with Crippen LogP contribution in [0.4, 0.5) is 0 Å². The van der Waals surface area contributed by atoms with Crippen LogP contribution >= 0.6 is 11.3 Å². The van der Waals surface area contributed by atoms with Crippen molar-refractivity contribution in [2.24, 2.45) is 5.92 Å². The maximum atomic E-state index is 10.8. The van der Waals surface area contributed by atoms with Crippen molar-refractivity contribution in [3.8, 4) is 5.75 Å². The molecule has 1 aromatic heterocycles. The minimum atomic E-state index is -0.809. The van der Waals surface area contributed by atoms with E-state index < -0.39 is 11.9 Å². The molecule has 1 aromatic carbocycles. The Morgan fingerprint density at radius 3 is 2.94 bits per heavy atom. The lowest BCUT2D eigenvalue weighted by atomic mass is 9.99. The summed E-state index contributed by atoms with van der Waals surface area (Å²) in [5, 5.41) is 18.8. The number of thiazole rings is 1. The first-order valence-electron chi connectivity index (χ1n) is 5.78. The number of phenolic OH excluding ortho intramolecular Hbond substituents is 1. The number of hydrogen-bond donors (Lipinski definition) is 2. The molecule has 96 valence electrons. The molecule has 18 heavy (non-hydrogen) atoms. The van der Waals surface area contributed by atoms with Crippen molar-refractivity contribution in [2.75, 3.05) is 0 Å². The summed E-state index contributed by atoms with van der Waals surface area (Å²) < 4.78 is 1.06. The SMILES string of the molecule is Cc1cc(O)c(CCC(C)C(=O)O)c2ncsc12. The molecule has 0 radical (unpaired) electrons. The van der Waals surface area contributed by atoms with E-state index in [1.54, 1.807) is 18.5 Å². The number of rotatable bonds is 4. The van der Waals surface area contributed by atoms with Gasteiger partial charge in [0.05, 0.1) is 21.6 Å². The van der Waals surface area contributed by atoms with E-state index >= 15 is 0 Å². The second kappa shape index (κ2) is 4.94. The molecule has 0 fully saturated rings. The molecule has 1 atom stereocenters. The molecule has 2 N–H and O–H groups in total. The Bertz CT molecular complexity index is 591. The van der Waals surface area contributed by atoms with E-state index in [2.05, 4.69) is 4.98 Å². The monoisotopic (exact) mass is 265 g/mol. The van der Waals surface area contributed by atoms with Gasteiger partial charge in [-0.2, -0.15) is 0 Å². The van der Waals surface area contributed by atoms with Gasteiger partial charge in [-0.1, -0.05) is 6.92 Å². The molecule has 0 saturated carbocycles. The number of aryl methyl sites for hydroxylation is 2. The van der Waals surface area contributed by atoms with Crippen LogP contribution in [0.5, 0.6) is 5.75 Å². The van der Waals surface area contributed by atoms with Crippen LogP contribution in [0.3, 0.4) is 0 Å². The Labute approximate surface area is 109 Å². The highest BCUT2D eigenvalue weighted by Gasteiger charge is 2.16. The van der Waals surface area contributed by atoms with Crippen molar-refractivity contribution in [3.05, 3.63) is 22.7 Å². The van der Waals surface area contributed by atoms with E-state index in [4.69, 9.17) is 5.11 Å². The number of hydrogen-bond acceptors (Lipinski definition) is 4. The minimum Gasteiger partial charge on any atom is -0.508 e. The zero-order valence-corrected chi connectivity index (χ0v) is 11.1. The molecular weight excluding hydrogens is 250 g/mol. The molecular formula is C13H15NO3S. The third kappa shape index (κ3) is 2.31. The van der Waals surface area contributed by atoms with E-state index in [1.165, 1.54) is 11.3 Å². The highest BCUT2D eigenvalue weighted by molar-refractivity contribution is 7.17. The molecule has 0 aliphatic carbocycles.